The lowest BCUT2D eigenvalue weighted by atomic mass is 10.1. The molecule has 2 aromatic carbocycles. The molecule has 1 saturated carbocycles. The van der Waals surface area contributed by atoms with E-state index in [2.05, 4.69) is 35.6 Å². The second kappa shape index (κ2) is 5.70. The third kappa shape index (κ3) is 3.39. The van der Waals surface area contributed by atoms with E-state index in [1.807, 2.05) is 19.1 Å². The molecule has 0 saturated heterocycles. The third-order valence-electron chi connectivity index (χ3n) is 3.89. The van der Waals surface area contributed by atoms with Crippen LogP contribution in [-0.2, 0) is 4.79 Å². The van der Waals surface area contributed by atoms with Crippen LogP contribution < -0.4 is 11.1 Å². The number of benzene rings is 2. The Balaban J connectivity index is 1.73. The molecule has 3 nitrogen and oxygen atoms in total. The highest BCUT2D eigenvalue weighted by atomic mass is 32.2. The largest absolute Gasteiger partial charge is 0.368 e. The first-order chi connectivity index (χ1) is 10.1. The Hall–Kier alpha value is -1.52. The van der Waals surface area contributed by atoms with Gasteiger partial charge in [-0.05, 0) is 42.7 Å². The number of thioether (sulfide) groups is 1. The van der Waals surface area contributed by atoms with E-state index in [0.29, 0.717) is 11.8 Å². The Morgan fingerprint density at radius 2 is 2.00 bits per heavy atom. The van der Waals surface area contributed by atoms with Gasteiger partial charge in [-0.25, -0.2) is 0 Å². The van der Waals surface area contributed by atoms with E-state index in [0.717, 1.165) is 12.8 Å². The third-order valence-corrected chi connectivity index (χ3v) is 5.20. The first-order valence-electron chi connectivity index (χ1n) is 7.26. The number of carbonyl (C=O) groups excluding carboxylic acids is 1. The zero-order valence-electron chi connectivity index (χ0n) is 12.1. The van der Waals surface area contributed by atoms with Gasteiger partial charge in [-0.3, -0.25) is 4.79 Å². The van der Waals surface area contributed by atoms with Crippen molar-refractivity contribution in [2.24, 2.45) is 5.73 Å². The minimum atomic E-state index is -0.641. The molecule has 1 amide bonds. The Kier molecular flexibility index (Phi) is 3.91. The number of primary amides is 1. The monoisotopic (exact) mass is 300 g/mol. The lowest BCUT2D eigenvalue weighted by molar-refractivity contribution is -0.123. The molecule has 0 radical (unpaired) electrons. The van der Waals surface area contributed by atoms with Crippen molar-refractivity contribution in [1.82, 2.24) is 5.32 Å². The van der Waals surface area contributed by atoms with Crippen molar-refractivity contribution in [3.63, 3.8) is 0 Å². The van der Waals surface area contributed by atoms with Crippen LogP contribution in [0.15, 0.2) is 47.4 Å². The van der Waals surface area contributed by atoms with E-state index in [4.69, 9.17) is 5.73 Å². The maximum Gasteiger partial charge on any atom is 0.238 e. The summed E-state index contributed by atoms with van der Waals surface area (Å²) in [5.74, 6) is 0.375. The van der Waals surface area contributed by atoms with Crippen molar-refractivity contribution in [1.29, 1.82) is 0 Å². The van der Waals surface area contributed by atoms with Gasteiger partial charge in [0.05, 0.1) is 0 Å². The molecule has 1 aliphatic carbocycles. The van der Waals surface area contributed by atoms with Crippen molar-refractivity contribution < 1.29 is 4.79 Å². The summed E-state index contributed by atoms with van der Waals surface area (Å²) in [6, 6.07) is 15.1. The number of nitrogens with two attached hydrogens (primary N) is 1. The molecule has 0 heterocycles. The highest BCUT2D eigenvalue weighted by Crippen LogP contribution is 2.29. The Morgan fingerprint density at radius 1 is 1.29 bits per heavy atom. The molecule has 3 N–H and O–H groups in total. The predicted octanol–water partition coefficient (Wildman–Crippen LogP) is 2.93. The molecule has 0 aliphatic heterocycles. The van der Waals surface area contributed by atoms with Crippen LogP contribution in [0.3, 0.4) is 0 Å². The zero-order valence-corrected chi connectivity index (χ0v) is 13.0. The summed E-state index contributed by atoms with van der Waals surface area (Å²) < 4.78 is 0. The van der Waals surface area contributed by atoms with Gasteiger partial charge in [0, 0.05) is 16.7 Å². The van der Waals surface area contributed by atoms with Crippen molar-refractivity contribution in [2.75, 3.05) is 5.75 Å². The number of rotatable bonds is 6. The van der Waals surface area contributed by atoms with Crippen molar-refractivity contribution in [2.45, 2.75) is 36.2 Å². The van der Waals surface area contributed by atoms with Crippen LogP contribution in [0.25, 0.3) is 10.8 Å². The molecule has 1 unspecified atom stereocenters. The predicted molar refractivity (Wildman–Crippen MR) is 88.4 cm³/mol. The van der Waals surface area contributed by atoms with Crippen LogP contribution in [-0.4, -0.2) is 23.2 Å². The molecule has 110 valence electrons. The number of carbonyl (C=O) groups is 1. The fourth-order valence-electron chi connectivity index (χ4n) is 2.35. The average molecular weight is 300 g/mol. The highest BCUT2D eigenvalue weighted by molar-refractivity contribution is 7.99. The van der Waals surface area contributed by atoms with Gasteiger partial charge in [-0.15, -0.1) is 11.8 Å². The van der Waals surface area contributed by atoms with E-state index in [9.17, 15) is 4.79 Å². The standard InChI is InChI=1S/C17H20N2OS/c1-17(16(18)20,19-14-7-8-14)11-21-15-9-6-12-4-2-3-5-13(12)10-15/h2-6,9-10,14,19H,7-8,11H2,1H3,(H2,18,20). The first-order valence-corrected chi connectivity index (χ1v) is 8.25. The molecule has 21 heavy (non-hydrogen) atoms. The van der Waals surface area contributed by atoms with Crippen molar-refractivity contribution >= 4 is 28.4 Å². The first kappa shape index (κ1) is 14.4. The SMILES string of the molecule is CC(CSc1ccc2ccccc2c1)(NC1CC1)C(N)=O. The highest BCUT2D eigenvalue weighted by Gasteiger charge is 2.36. The molecular weight excluding hydrogens is 280 g/mol. The fourth-order valence-corrected chi connectivity index (χ4v) is 3.40. The Bertz CT molecular complexity index is 669. The molecule has 0 bridgehead atoms. The fraction of sp³-hybridized carbons (Fsp3) is 0.353. The average Bonchev–Trinajstić information content (AvgIpc) is 3.28. The Labute approximate surface area is 129 Å². The van der Waals surface area contributed by atoms with Gasteiger partial charge in [0.25, 0.3) is 0 Å². The summed E-state index contributed by atoms with van der Waals surface area (Å²) in [6.07, 6.45) is 2.28. The van der Waals surface area contributed by atoms with E-state index in [1.54, 1.807) is 11.8 Å². The zero-order chi connectivity index (χ0) is 14.9. The molecule has 3 rings (SSSR count). The van der Waals surface area contributed by atoms with Gasteiger partial charge in [-0.1, -0.05) is 30.3 Å². The topological polar surface area (TPSA) is 55.1 Å². The van der Waals surface area contributed by atoms with Crippen LogP contribution >= 0.6 is 11.8 Å². The van der Waals surface area contributed by atoms with E-state index in [-0.39, 0.29) is 5.91 Å². The normalized spacial score (nSPS) is 17.6. The second-order valence-corrected chi connectivity index (χ2v) is 6.96. The van der Waals surface area contributed by atoms with Crippen LogP contribution in [0.4, 0.5) is 0 Å². The van der Waals surface area contributed by atoms with Crippen LogP contribution in [0.2, 0.25) is 0 Å². The van der Waals surface area contributed by atoms with E-state index < -0.39 is 5.54 Å². The quantitative estimate of drug-likeness (QED) is 0.807. The Morgan fingerprint density at radius 3 is 2.67 bits per heavy atom. The molecule has 0 spiro atoms. The summed E-state index contributed by atoms with van der Waals surface area (Å²) in [5.41, 5.74) is 4.95. The van der Waals surface area contributed by atoms with E-state index in [1.165, 1.54) is 15.7 Å². The minimum Gasteiger partial charge on any atom is -0.368 e. The van der Waals surface area contributed by atoms with Crippen molar-refractivity contribution in [3.05, 3.63) is 42.5 Å². The van der Waals surface area contributed by atoms with E-state index >= 15 is 0 Å². The van der Waals surface area contributed by atoms with Crippen LogP contribution in [0.5, 0.6) is 0 Å². The minimum absolute atomic E-state index is 0.275. The molecule has 1 atom stereocenters. The van der Waals surface area contributed by atoms with Crippen molar-refractivity contribution in [3.8, 4) is 0 Å². The summed E-state index contributed by atoms with van der Waals surface area (Å²) in [4.78, 5) is 12.9. The van der Waals surface area contributed by atoms with Crippen LogP contribution in [0.1, 0.15) is 19.8 Å². The molecule has 0 aromatic heterocycles. The van der Waals surface area contributed by atoms with Gasteiger partial charge in [0.1, 0.15) is 5.54 Å². The summed E-state index contributed by atoms with van der Waals surface area (Å²) >= 11 is 1.68. The summed E-state index contributed by atoms with van der Waals surface area (Å²) in [5, 5.41) is 5.83. The number of amides is 1. The molecule has 4 heteroatoms. The maximum absolute atomic E-state index is 11.8. The van der Waals surface area contributed by atoms with Gasteiger partial charge in [0.15, 0.2) is 0 Å². The molecular formula is C17H20N2OS. The lowest BCUT2D eigenvalue weighted by Crippen LogP contribution is -2.55. The van der Waals surface area contributed by atoms with Gasteiger partial charge >= 0.3 is 0 Å². The second-order valence-electron chi connectivity index (χ2n) is 5.91. The number of nitrogens with one attached hydrogen (secondary N) is 1. The molecule has 1 fully saturated rings. The van der Waals surface area contributed by atoms with Gasteiger partial charge in [-0.2, -0.15) is 0 Å². The lowest BCUT2D eigenvalue weighted by Gasteiger charge is -2.27. The van der Waals surface area contributed by atoms with Crippen LogP contribution in [0, 0.1) is 0 Å². The number of hydrogen-bond acceptors (Lipinski definition) is 3. The summed E-state index contributed by atoms with van der Waals surface area (Å²) in [7, 11) is 0. The summed E-state index contributed by atoms with van der Waals surface area (Å²) in [6.45, 7) is 1.90. The smallest absolute Gasteiger partial charge is 0.238 e. The molecule has 2 aromatic rings. The molecule has 1 aliphatic rings. The maximum atomic E-state index is 11.8. The van der Waals surface area contributed by atoms with Gasteiger partial charge in [0.2, 0.25) is 5.91 Å². The number of fused-ring (bicyclic) bond motifs is 1. The van der Waals surface area contributed by atoms with Gasteiger partial charge < -0.3 is 11.1 Å². The number of hydrogen-bond donors (Lipinski definition) is 2.